The Morgan fingerprint density at radius 3 is 2.68 bits per heavy atom. The Balaban J connectivity index is 1.56. The average Bonchev–Trinajstić information content (AvgIpc) is 2.89. The highest BCUT2D eigenvalue weighted by molar-refractivity contribution is 6.30. The Hall–Kier alpha value is -1.16. The molecule has 118 valence electrons. The lowest BCUT2D eigenvalue weighted by Gasteiger charge is -2.27. The van der Waals surface area contributed by atoms with Crippen molar-refractivity contribution in [2.24, 2.45) is 5.92 Å². The number of morpholine rings is 1. The van der Waals surface area contributed by atoms with Crippen molar-refractivity contribution in [1.82, 2.24) is 4.90 Å². The standard InChI is InChI=1S/C18H22ClNO2/c19-17-5-1-14(2-6-17)13-16-4-3-15(18(16)21)7-8-20-9-11-22-12-10-20/h1-2,5-6,13,15H,3-4,7-12H2/b16-13+. The van der Waals surface area contributed by atoms with Crippen molar-refractivity contribution in [3.05, 3.63) is 40.4 Å². The average molecular weight is 320 g/mol. The van der Waals surface area contributed by atoms with Gasteiger partial charge in [-0.15, -0.1) is 0 Å². The third-order valence-electron chi connectivity index (χ3n) is 4.56. The second kappa shape index (κ2) is 7.40. The molecule has 0 spiro atoms. The molecule has 1 atom stereocenters. The number of Topliss-reactive ketones (excluding diaryl/α,β-unsaturated/α-hetero) is 1. The van der Waals surface area contributed by atoms with Crippen LogP contribution >= 0.6 is 11.6 Å². The molecule has 0 aromatic heterocycles. The van der Waals surface area contributed by atoms with E-state index in [1.54, 1.807) is 0 Å². The highest BCUT2D eigenvalue weighted by Gasteiger charge is 2.29. The van der Waals surface area contributed by atoms with Gasteiger partial charge in [0.05, 0.1) is 13.2 Å². The molecule has 1 saturated heterocycles. The van der Waals surface area contributed by atoms with E-state index in [1.165, 1.54) is 0 Å². The van der Waals surface area contributed by atoms with Gasteiger partial charge in [0.15, 0.2) is 5.78 Å². The second-order valence-electron chi connectivity index (χ2n) is 6.06. The molecule has 4 heteroatoms. The van der Waals surface area contributed by atoms with Crippen LogP contribution in [0.25, 0.3) is 6.08 Å². The summed E-state index contributed by atoms with van der Waals surface area (Å²) in [7, 11) is 0. The van der Waals surface area contributed by atoms with Gasteiger partial charge in [0.25, 0.3) is 0 Å². The van der Waals surface area contributed by atoms with Gasteiger partial charge in [0.1, 0.15) is 0 Å². The van der Waals surface area contributed by atoms with Crippen molar-refractivity contribution in [1.29, 1.82) is 0 Å². The van der Waals surface area contributed by atoms with Gasteiger partial charge in [-0.25, -0.2) is 0 Å². The van der Waals surface area contributed by atoms with E-state index in [4.69, 9.17) is 16.3 Å². The second-order valence-corrected chi connectivity index (χ2v) is 6.50. The number of ketones is 1. The smallest absolute Gasteiger partial charge is 0.162 e. The van der Waals surface area contributed by atoms with Gasteiger partial charge in [-0.1, -0.05) is 23.7 Å². The molecular weight excluding hydrogens is 298 g/mol. The normalized spacial score (nSPS) is 25.0. The van der Waals surface area contributed by atoms with Crippen LogP contribution in [-0.2, 0) is 9.53 Å². The van der Waals surface area contributed by atoms with Gasteiger partial charge in [-0.05, 0) is 55.2 Å². The fourth-order valence-corrected chi connectivity index (χ4v) is 3.31. The largest absolute Gasteiger partial charge is 0.379 e. The van der Waals surface area contributed by atoms with Crippen molar-refractivity contribution < 1.29 is 9.53 Å². The summed E-state index contributed by atoms with van der Waals surface area (Å²) in [6.45, 7) is 4.64. The SMILES string of the molecule is O=C1/C(=C/c2ccc(Cl)cc2)CCC1CCN1CCOCC1. The third kappa shape index (κ3) is 3.97. The van der Waals surface area contributed by atoms with E-state index in [0.29, 0.717) is 5.78 Å². The number of allylic oxidation sites excluding steroid dienone is 1. The lowest BCUT2D eigenvalue weighted by atomic mass is 10.0. The fourth-order valence-electron chi connectivity index (χ4n) is 3.19. The summed E-state index contributed by atoms with van der Waals surface area (Å²) >= 11 is 5.89. The van der Waals surface area contributed by atoms with Crippen molar-refractivity contribution in [2.75, 3.05) is 32.8 Å². The minimum atomic E-state index is 0.196. The molecule has 1 unspecified atom stereocenters. The molecule has 2 aliphatic rings. The number of hydrogen-bond donors (Lipinski definition) is 0. The summed E-state index contributed by atoms with van der Waals surface area (Å²) in [6.07, 6.45) is 4.88. The Morgan fingerprint density at radius 1 is 1.23 bits per heavy atom. The molecule has 1 heterocycles. The minimum absolute atomic E-state index is 0.196. The van der Waals surface area contributed by atoms with Crippen LogP contribution in [0.1, 0.15) is 24.8 Å². The van der Waals surface area contributed by atoms with Gasteiger partial charge in [-0.2, -0.15) is 0 Å². The zero-order chi connectivity index (χ0) is 15.4. The predicted molar refractivity (Wildman–Crippen MR) is 89.0 cm³/mol. The van der Waals surface area contributed by atoms with E-state index in [9.17, 15) is 4.79 Å². The number of nitrogens with zero attached hydrogens (tertiary/aromatic N) is 1. The van der Waals surface area contributed by atoms with E-state index in [2.05, 4.69) is 4.90 Å². The number of hydrogen-bond acceptors (Lipinski definition) is 3. The van der Waals surface area contributed by atoms with Crippen LogP contribution in [0.3, 0.4) is 0 Å². The predicted octanol–water partition coefficient (Wildman–Crippen LogP) is 3.42. The third-order valence-corrected chi connectivity index (χ3v) is 4.81. The van der Waals surface area contributed by atoms with E-state index < -0.39 is 0 Å². The number of ether oxygens (including phenoxy) is 1. The van der Waals surface area contributed by atoms with Crippen molar-refractivity contribution in [2.45, 2.75) is 19.3 Å². The van der Waals surface area contributed by atoms with Crippen LogP contribution in [0, 0.1) is 5.92 Å². The summed E-state index contributed by atoms with van der Waals surface area (Å²) < 4.78 is 5.36. The van der Waals surface area contributed by atoms with Crippen LogP contribution in [0.2, 0.25) is 5.02 Å². The molecule has 3 rings (SSSR count). The number of benzene rings is 1. The number of carbonyl (C=O) groups is 1. The first-order valence-corrected chi connectivity index (χ1v) is 8.40. The van der Waals surface area contributed by atoms with Crippen molar-refractivity contribution >= 4 is 23.5 Å². The van der Waals surface area contributed by atoms with Crippen LogP contribution in [0.4, 0.5) is 0 Å². The first-order valence-electron chi connectivity index (χ1n) is 8.03. The maximum atomic E-state index is 12.5. The molecule has 0 N–H and O–H groups in total. The first kappa shape index (κ1) is 15.7. The lowest BCUT2D eigenvalue weighted by molar-refractivity contribution is -0.118. The Bertz CT molecular complexity index is 547. The van der Waals surface area contributed by atoms with Crippen LogP contribution < -0.4 is 0 Å². The molecule has 0 radical (unpaired) electrons. The number of halogens is 1. The molecule has 3 nitrogen and oxygen atoms in total. The van der Waals surface area contributed by atoms with E-state index in [0.717, 1.165) is 68.3 Å². The molecule has 2 fully saturated rings. The molecule has 1 saturated carbocycles. The van der Waals surface area contributed by atoms with E-state index >= 15 is 0 Å². The fraction of sp³-hybridized carbons (Fsp3) is 0.500. The monoisotopic (exact) mass is 319 g/mol. The Labute approximate surface area is 136 Å². The topological polar surface area (TPSA) is 29.5 Å². The maximum Gasteiger partial charge on any atom is 0.162 e. The van der Waals surface area contributed by atoms with E-state index in [1.807, 2.05) is 30.3 Å². The highest BCUT2D eigenvalue weighted by Crippen LogP contribution is 2.31. The maximum absolute atomic E-state index is 12.5. The summed E-state index contributed by atoms with van der Waals surface area (Å²) in [5, 5.41) is 0.725. The van der Waals surface area contributed by atoms with Crippen LogP contribution in [-0.4, -0.2) is 43.5 Å². The molecule has 1 aromatic rings. The quantitative estimate of drug-likeness (QED) is 0.796. The molecule has 1 aliphatic carbocycles. The molecule has 0 bridgehead atoms. The molecule has 1 aromatic carbocycles. The Kier molecular flexibility index (Phi) is 5.29. The van der Waals surface area contributed by atoms with E-state index in [-0.39, 0.29) is 5.92 Å². The zero-order valence-corrected chi connectivity index (χ0v) is 13.5. The number of carbonyl (C=O) groups excluding carboxylic acids is 1. The van der Waals surface area contributed by atoms with Gasteiger partial charge in [-0.3, -0.25) is 9.69 Å². The Morgan fingerprint density at radius 2 is 1.95 bits per heavy atom. The van der Waals surface area contributed by atoms with Crippen molar-refractivity contribution in [3.63, 3.8) is 0 Å². The number of rotatable bonds is 4. The zero-order valence-electron chi connectivity index (χ0n) is 12.8. The molecular formula is C18H22ClNO2. The summed E-state index contributed by atoms with van der Waals surface area (Å²) in [6, 6.07) is 7.65. The highest BCUT2D eigenvalue weighted by atomic mass is 35.5. The first-order chi connectivity index (χ1) is 10.7. The molecule has 0 amide bonds. The van der Waals surface area contributed by atoms with Gasteiger partial charge in [0.2, 0.25) is 0 Å². The minimum Gasteiger partial charge on any atom is -0.379 e. The summed E-state index contributed by atoms with van der Waals surface area (Å²) in [5.41, 5.74) is 2.02. The van der Waals surface area contributed by atoms with Gasteiger partial charge >= 0.3 is 0 Å². The molecule has 22 heavy (non-hydrogen) atoms. The lowest BCUT2D eigenvalue weighted by Crippen LogP contribution is -2.37. The van der Waals surface area contributed by atoms with Gasteiger partial charge in [0, 0.05) is 24.0 Å². The van der Waals surface area contributed by atoms with Gasteiger partial charge < -0.3 is 4.74 Å². The van der Waals surface area contributed by atoms with Crippen LogP contribution in [0.5, 0.6) is 0 Å². The summed E-state index contributed by atoms with van der Waals surface area (Å²) in [4.78, 5) is 14.9. The van der Waals surface area contributed by atoms with Crippen LogP contribution in [0.15, 0.2) is 29.8 Å². The summed E-state index contributed by atoms with van der Waals surface area (Å²) in [5.74, 6) is 0.532. The molecule has 1 aliphatic heterocycles. The van der Waals surface area contributed by atoms with Crippen molar-refractivity contribution in [3.8, 4) is 0 Å².